The van der Waals surface area contributed by atoms with Crippen molar-refractivity contribution in [3.05, 3.63) is 55.4 Å². The topological polar surface area (TPSA) is 20.2 Å². The number of aliphatic hydroxyl groups is 1. The molecule has 0 saturated carbocycles. The molecule has 0 aliphatic heterocycles. The van der Waals surface area contributed by atoms with Crippen LogP contribution in [0.15, 0.2) is 15.9 Å². The maximum absolute atomic E-state index is 13.5. The van der Waals surface area contributed by atoms with E-state index in [0.717, 1.165) is 3.79 Å². The third-order valence-electron chi connectivity index (χ3n) is 2.60. The number of halogens is 6. The number of thiophene rings is 1. The van der Waals surface area contributed by atoms with Gasteiger partial charge in [-0.2, -0.15) is 0 Å². The van der Waals surface area contributed by atoms with Crippen molar-refractivity contribution in [1.82, 2.24) is 0 Å². The Balaban J connectivity index is 2.42. The molecule has 1 aromatic heterocycles. The lowest BCUT2D eigenvalue weighted by atomic mass is 10.0. The van der Waals surface area contributed by atoms with Crippen LogP contribution in [0.1, 0.15) is 16.5 Å². The lowest BCUT2D eigenvalue weighted by molar-refractivity contribution is 0.164. The van der Waals surface area contributed by atoms with Crippen LogP contribution in [0.5, 0.6) is 0 Å². The van der Waals surface area contributed by atoms with Crippen molar-refractivity contribution >= 4 is 27.3 Å². The summed E-state index contributed by atoms with van der Waals surface area (Å²) in [6.07, 6.45) is -2.08. The minimum absolute atomic E-state index is 0.255. The SMILES string of the molecule is OC(Cc1ccc(Br)s1)c1c(F)c(F)c(F)c(F)c1F. The standard InChI is InChI=1S/C12H6BrF5OS/c13-6-2-1-4(20-6)3-5(19)7-8(14)10(16)12(18)11(17)9(7)15/h1-2,5,19H,3H2. The van der Waals surface area contributed by atoms with Gasteiger partial charge in [0.25, 0.3) is 0 Å². The minimum atomic E-state index is -2.24. The predicted octanol–water partition coefficient (Wildman–Crippen LogP) is 4.48. The quantitative estimate of drug-likeness (QED) is 0.478. The summed E-state index contributed by atoms with van der Waals surface area (Å²) in [6.45, 7) is 0. The Kier molecular flexibility index (Phi) is 4.46. The Morgan fingerprint density at radius 1 is 0.950 bits per heavy atom. The Hall–Kier alpha value is -0.990. The van der Waals surface area contributed by atoms with E-state index in [0.29, 0.717) is 4.88 Å². The van der Waals surface area contributed by atoms with E-state index >= 15 is 0 Å². The molecule has 0 saturated heterocycles. The number of rotatable bonds is 3. The van der Waals surface area contributed by atoms with Gasteiger partial charge in [0, 0.05) is 11.3 Å². The summed E-state index contributed by atoms with van der Waals surface area (Å²) in [7, 11) is 0. The van der Waals surface area contributed by atoms with Crippen molar-refractivity contribution < 1.29 is 27.1 Å². The molecular weight excluding hydrogens is 367 g/mol. The van der Waals surface area contributed by atoms with Gasteiger partial charge < -0.3 is 5.11 Å². The second-order valence-electron chi connectivity index (χ2n) is 3.91. The van der Waals surface area contributed by atoms with Crippen molar-refractivity contribution in [3.8, 4) is 0 Å². The summed E-state index contributed by atoms with van der Waals surface area (Å²) < 4.78 is 66.6. The van der Waals surface area contributed by atoms with E-state index in [1.54, 1.807) is 12.1 Å². The minimum Gasteiger partial charge on any atom is -0.388 e. The smallest absolute Gasteiger partial charge is 0.200 e. The van der Waals surface area contributed by atoms with Crippen LogP contribution in [0.25, 0.3) is 0 Å². The van der Waals surface area contributed by atoms with Crippen molar-refractivity contribution in [1.29, 1.82) is 0 Å². The van der Waals surface area contributed by atoms with Crippen molar-refractivity contribution in [3.63, 3.8) is 0 Å². The van der Waals surface area contributed by atoms with Gasteiger partial charge >= 0.3 is 0 Å². The monoisotopic (exact) mass is 372 g/mol. The first kappa shape index (κ1) is 15.4. The molecule has 8 heteroatoms. The summed E-state index contributed by atoms with van der Waals surface area (Å²) in [5.74, 6) is -10.4. The molecule has 0 aliphatic carbocycles. The molecule has 0 spiro atoms. The molecule has 1 N–H and O–H groups in total. The summed E-state index contributed by atoms with van der Waals surface area (Å²) in [4.78, 5) is 0.535. The Bertz CT molecular complexity index is 629. The molecule has 0 aliphatic rings. The average molecular weight is 373 g/mol. The lowest BCUT2D eigenvalue weighted by Crippen LogP contribution is -2.12. The van der Waals surface area contributed by atoms with Gasteiger partial charge in [-0.05, 0) is 28.1 Å². The molecule has 0 radical (unpaired) electrons. The maximum atomic E-state index is 13.5. The molecule has 2 rings (SSSR count). The fraction of sp³-hybridized carbons (Fsp3) is 0.167. The summed E-state index contributed by atoms with van der Waals surface area (Å²) in [5, 5.41) is 9.74. The van der Waals surface area contributed by atoms with Gasteiger partial charge in [0.05, 0.1) is 15.5 Å². The molecule has 0 fully saturated rings. The largest absolute Gasteiger partial charge is 0.388 e. The van der Waals surface area contributed by atoms with E-state index in [1.807, 2.05) is 0 Å². The van der Waals surface area contributed by atoms with Crippen LogP contribution >= 0.6 is 27.3 Å². The van der Waals surface area contributed by atoms with Gasteiger partial charge in [-0.3, -0.25) is 0 Å². The molecule has 1 heterocycles. The normalized spacial score (nSPS) is 12.8. The van der Waals surface area contributed by atoms with Gasteiger partial charge in [0.1, 0.15) is 0 Å². The fourth-order valence-electron chi connectivity index (χ4n) is 1.67. The van der Waals surface area contributed by atoms with Gasteiger partial charge in [0.15, 0.2) is 23.3 Å². The van der Waals surface area contributed by atoms with E-state index < -0.39 is 40.8 Å². The lowest BCUT2D eigenvalue weighted by Gasteiger charge is -2.13. The first-order chi connectivity index (χ1) is 9.32. The zero-order valence-electron chi connectivity index (χ0n) is 9.56. The molecule has 20 heavy (non-hydrogen) atoms. The van der Waals surface area contributed by atoms with E-state index in [-0.39, 0.29) is 6.42 Å². The summed E-state index contributed by atoms with van der Waals surface area (Å²) in [5.41, 5.74) is -1.22. The predicted molar refractivity (Wildman–Crippen MR) is 66.9 cm³/mol. The van der Waals surface area contributed by atoms with Crippen LogP contribution in [0, 0.1) is 29.1 Å². The van der Waals surface area contributed by atoms with Gasteiger partial charge in [-0.1, -0.05) is 0 Å². The molecule has 1 nitrogen and oxygen atoms in total. The zero-order valence-corrected chi connectivity index (χ0v) is 12.0. The molecule has 1 aromatic carbocycles. The van der Waals surface area contributed by atoms with Gasteiger partial charge in [-0.25, -0.2) is 22.0 Å². The van der Waals surface area contributed by atoms with Crippen molar-refractivity contribution in [2.24, 2.45) is 0 Å². The number of hydrogen-bond acceptors (Lipinski definition) is 2. The Morgan fingerprint density at radius 3 is 1.90 bits per heavy atom. The van der Waals surface area contributed by atoms with Crippen molar-refractivity contribution in [2.45, 2.75) is 12.5 Å². The second-order valence-corrected chi connectivity index (χ2v) is 6.46. The number of hydrogen-bond donors (Lipinski definition) is 1. The van der Waals surface area contributed by atoms with E-state index in [1.165, 1.54) is 11.3 Å². The third-order valence-corrected chi connectivity index (χ3v) is 4.25. The highest BCUT2D eigenvalue weighted by molar-refractivity contribution is 9.11. The highest BCUT2D eigenvalue weighted by Gasteiger charge is 2.29. The van der Waals surface area contributed by atoms with Crippen LogP contribution in [0.4, 0.5) is 22.0 Å². The fourth-order valence-corrected chi connectivity index (χ4v) is 3.19. The van der Waals surface area contributed by atoms with Crippen LogP contribution in [-0.4, -0.2) is 5.11 Å². The Morgan fingerprint density at radius 2 is 1.45 bits per heavy atom. The van der Waals surface area contributed by atoms with E-state index in [2.05, 4.69) is 15.9 Å². The number of aliphatic hydroxyl groups excluding tert-OH is 1. The highest BCUT2D eigenvalue weighted by Crippen LogP contribution is 2.32. The third kappa shape index (κ3) is 2.72. The maximum Gasteiger partial charge on any atom is 0.200 e. The van der Waals surface area contributed by atoms with Gasteiger partial charge in [-0.15, -0.1) is 11.3 Å². The van der Waals surface area contributed by atoms with Crippen LogP contribution in [0.2, 0.25) is 0 Å². The molecule has 1 unspecified atom stereocenters. The van der Waals surface area contributed by atoms with E-state index in [9.17, 15) is 27.1 Å². The summed E-state index contributed by atoms with van der Waals surface area (Å²) in [6, 6.07) is 3.22. The summed E-state index contributed by atoms with van der Waals surface area (Å²) >= 11 is 4.34. The number of benzene rings is 1. The van der Waals surface area contributed by atoms with Crippen LogP contribution < -0.4 is 0 Å². The van der Waals surface area contributed by atoms with E-state index in [4.69, 9.17) is 0 Å². The van der Waals surface area contributed by atoms with Crippen molar-refractivity contribution in [2.75, 3.05) is 0 Å². The molecular formula is C12H6BrF5OS. The van der Waals surface area contributed by atoms with Gasteiger partial charge in [0.2, 0.25) is 5.82 Å². The first-order valence-electron chi connectivity index (χ1n) is 5.26. The molecule has 2 aromatic rings. The highest BCUT2D eigenvalue weighted by atomic mass is 79.9. The molecule has 108 valence electrons. The molecule has 0 bridgehead atoms. The second kappa shape index (κ2) is 5.79. The average Bonchev–Trinajstić information content (AvgIpc) is 2.79. The van der Waals surface area contributed by atoms with Crippen LogP contribution in [0.3, 0.4) is 0 Å². The Labute approximate surface area is 122 Å². The molecule has 1 atom stereocenters. The van der Waals surface area contributed by atoms with Crippen LogP contribution in [-0.2, 0) is 6.42 Å². The zero-order chi connectivity index (χ0) is 15.0. The molecule has 0 amide bonds. The first-order valence-corrected chi connectivity index (χ1v) is 6.87.